The predicted molar refractivity (Wildman–Crippen MR) is 92.6 cm³/mol. The van der Waals surface area contributed by atoms with Gasteiger partial charge in [-0.2, -0.15) is 0 Å². The lowest BCUT2D eigenvalue weighted by Gasteiger charge is -2.18. The van der Waals surface area contributed by atoms with Gasteiger partial charge in [0, 0.05) is 4.88 Å². The average Bonchev–Trinajstić information content (AvgIpc) is 3.27. The second kappa shape index (κ2) is 7.83. The quantitative estimate of drug-likeness (QED) is 0.717. The zero-order chi connectivity index (χ0) is 16.8. The maximum absolute atomic E-state index is 12.3. The van der Waals surface area contributed by atoms with E-state index in [2.05, 4.69) is 52.0 Å². The number of rotatable bonds is 7. The van der Waals surface area contributed by atoms with E-state index in [4.69, 9.17) is 0 Å². The normalized spacial score (nSPS) is 12.0. The van der Waals surface area contributed by atoms with Crippen molar-refractivity contribution in [3.63, 3.8) is 0 Å². The molecule has 7 heteroatoms. The van der Waals surface area contributed by atoms with Crippen LogP contribution >= 0.6 is 11.3 Å². The maximum atomic E-state index is 12.3. The number of amides is 1. The number of thiophene rings is 1. The smallest absolute Gasteiger partial charge is 0.242 e. The van der Waals surface area contributed by atoms with Crippen molar-refractivity contribution in [1.82, 2.24) is 25.5 Å². The Balaban J connectivity index is 1.77. The first kappa shape index (κ1) is 16.3. The molecule has 0 aliphatic heterocycles. The summed E-state index contributed by atoms with van der Waals surface area (Å²) in [5.41, 5.74) is 2.38. The van der Waals surface area contributed by atoms with Crippen LogP contribution in [0.1, 0.15) is 35.4 Å². The van der Waals surface area contributed by atoms with Gasteiger partial charge >= 0.3 is 0 Å². The summed E-state index contributed by atoms with van der Waals surface area (Å²) >= 11 is 1.63. The fourth-order valence-corrected chi connectivity index (χ4v) is 3.35. The molecule has 6 nitrogen and oxygen atoms in total. The van der Waals surface area contributed by atoms with E-state index in [9.17, 15) is 4.79 Å². The summed E-state index contributed by atoms with van der Waals surface area (Å²) in [6, 6.07) is 12.3. The largest absolute Gasteiger partial charge is 0.343 e. The molecule has 0 spiro atoms. The number of hydrogen-bond acceptors (Lipinski definition) is 5. The molecule has 1 amide bonds. The molecule has 1 atom stereocenters. The first-order valence-corrected chi connectivity index (χ1v) is 8.76. The molecule has 0 fully saturated rings. The predicted octanol–water partition coefficient (Wildman–Crippen LogP) is 2.59. The van der Waals surface area contributed by atoms with Crippen molar-refractivity contribution in [3.8, 4) is 0 Å². The highest BCUT2D eigenvalue weighted by Crippen LogP contribution is 2.26. The molecule has 2 heterocycles. The first-order chi connectivity index (χ1) is 11.8. The summed E-state index contributed by atoms with van der Waals surface area (Å²) in [5, 5.41) is 15.9. The van der Waals surface area contributed by atoms with Crippen LogP contribution in [-0.4, -0.2) is 26.1 Å². The van der Waals surface area contributed by atoms with Gasteiger partial charge in [-0.3, -0.25) is 4.79 Å². The van der Waals surface area contributed by atoms with Crippen molar-refractivity contribution in [3.05, 3.63) is 64.1 Å². The number of tetrazole rings is 1. The summed E-state index contributed by atoms with van der Waals surface area (Å²) in [6.07, 6.45) is 3.62. The van der Waals surface area contributed by atoms with E-state index in [0.29, 0.717) is 0 Å². The third-order valence-electron chi connectivity index (χ3n) is 3.68. The Bertz CT molecular complexity index is 753. The van der Waals surface area contributed by atoms with Crippen LogP contribution in [0.15, 0.2) is 48.1 Å². The first-order valence-electron chi connectivity index (χ1n) is 7.88. The van der Waals surface area contributed by atoms with Gasteiger partial charge in [-0.15, -0.1) is 16.4 Å². The van der Waals surface area contributed by atoms with Gasteiger partial charge < -0.3 is 5.32 Å². The minimum atomic E-state index is -0.162. The molecule has 0 radical (unpaired) electrons. The lowest BCUT2D eigenvalue weighted by atomic mass is 10.0. The van der Waals surface area contributed by atoms with Crippen molar-refractivity contribution in [2.45, 2.75) is 32.4 Å². The van der Waals surface area contributed by atoms with Gasteiger partial charge in [0.15, 0.2) is 0 Å². The Morgan fingerprint density at radius 1 is 1.29 bits per heavy atom. The highest BCUT2D eigenvalue weighted by atomic mass is 32.1. The topological polar surface area (TPSA) is 72.7 Å². The molecule has 24 heavy (non-hydrogen) atoms. The highest BCUT2D eigenvalue weighted by Gasteiger charge is 2.18. The van der Waals surface area contributed by atoms with Crippen molar-refractivity contribution >= 4 is 17.2 Å². The number of carbonyl (C=O) groups is 1. The van der Waals surface area contributed by atoms with Crippen molar-refractivity contribution in [1.29, 1.82) is 0 Å². The Labute approximate surface area is 144 Å². The van der Waals surface area contributed by atoms with Crippen LogP contribution in [0.25, 0.3) is 0 Å². The number of nitrogens with zero attached hydrogens (tertiary/aromatic N) is 4. The molecule has 3 rings (SSSR count). The number of carbonyl (C=O) groups excluding carboxylic acids is 1. The van der Waals surface area contributed by atoms with Crippen molar-refractivity contribution < 1.29 is 4.79 Å². The van der Waals surface area contributed by atoms with Crippen LogP contribution in [-0.2, 0) is 17.8 Å². The average molecular weight is 341 g/mol. The fourth-order valence-electron chi connectivity index (χ4n) is 2.55. The van der Waals surface area contributed by atoms with Gasteiger partial charge in [-0.25, -0.2) is 4.68 Å². The highest BCUT2D eigenvalue weighted by molar-refractivity contribution is 7.10. The minimum absolute atomic E-state index is 0.1000. The number of aryl methyl sites for hydroxylation is 1. The summed E-state index contributed by atoms with van der Waals surface area (Å²) in [5.74, 6) is -0.127. The molecule has 0 saturated carbocycles. The van der Waals surface area contributed by atoms with Crippen LogP contribution in [0, 0.1) is 0 Å². The van der Waals surface area contributed by atoms with Gasteiger partial charge in [0.05, 0.1) is 6.04 Å². The molecule has 1 N–H and O–H groups in total. The molecule has 0 saturated heterocycles. The molecule has 0 bridgehead atoms. The minimum Gasteiger partial charge on any atom is -0.343 e. The second-order valence-electron chi connectivity index (χ2n) is 5.51. The number of benzene rings is 1. The van der Waals surface area contributed by atoms with E-state index in [1.807, 2.05) is 17.5 Å². The Morgan fingerprint density at radius 2 is 2.12 bits per heavy atom. The van der Waals surface area contributed by atoms with E-state index in [1.165, 1.54) is 16.6 Å². The molecule has 2 aromatic heterocycles. The lowest BCUT2D eigenvalue weighted by molar-refractivity contribution is -0.122. The monoisotopic (exact) mass is 341 g/mol. The standard InChI is InChI=1S/C17H19N5OS/c1-2-4-13-6-8-14(9-7-13)17(15-5-3-10-24-15)19-16(23)11-22-12-18-20-21-22/h3,5-10,12,17H,2,4,11H2,1H3,(H,19,23). The van der Waals surface area contributed by atoms with E-state index in [0.717, 1.165) is 23.3 Å². The molecule has 3 aromatic rings. The van der Waals surface area contributed by atoms with Crippen LogP contribution in [0.3, 0.4) is 0 Å². The Kier molecular flexibility index (Phi) is 5.32. The van der Waals surface area contributed by atoms with Crippen LogP contribution in [0.4, 0.5) is 0 Å². The summed E-state index contributed by atoms with van der Waals surface area (Å²) in [7, 11) is 0. The lowest BCUT2D eigenvalue weighted by Crippen LogP contribution is -2.32. The Morgan fingerprint density at radius 3 is 2.75 bits per heavy atom. The number of aromatic nitrogens is 4. The van der Waals surface area contributed by atoms with E-state index in [-0.39, 0.29) is 18.5 Å². The molecule has 124 valence electrons. The molecular formula is C17H19N5OS. The molecular weight excluding hydrogens is 322 g/mol. The van der Waals surface area contributed by atoms with Gasteiger partial charge in [-0.1, -0.05) is 43.7 Å². The van der Waals surface area contributed by atoms with Crippen LogP contribution in [0.5, 0.6) is 0 Å². The summed E-state index contributed by atoms with van der Waals surface area (Å²) < 4.78 is 1.41. The van der Waals surface area contributed by atoms with E-state index >= 15 is 0 Å². The van der Waals surface area contributed by atoms with Crippen molar-refractivity contribution in [2.75, 3.05) is 0 Å². The zero-order valence-electron chi connectivity index (χ0n) is 13.4. The SMILES string of the molecule is CCCc1ccc(C(NC(=O)Cn2cnnn2)c2cccs2)cc1. The molecule has 0 aliphatic rings. The molecule has 1 unspecified atom stereocenters. The summed E-state index contributed by atoms with van der Waals surface area (Å²) in [6.45, 7) is 2.27. The summed E-state index contributed by atoms with van der Waals surface area (Å²) in [4.78, 5) is 13.4. The van der Waals surface area contributed by atoms with Gasteiger partial charge in [0.2, 0.25) is 5.91 Å². The van der Waals surface area contributed by atoms with Crippen molar-refractivity contribution in [2.24, 2.45) is 0 Å². The molecule has 1 aromatic carbocycles. The van der Waals surface area contributed by atoms with Crippen LogP contribution < -0.4 is 5.32 Å². The zero-order valence-corrected chi connectivity index (χ0v) is 14.2. The van der Waals surface area contributed by atoms with Gasteiger partial charge in [0.25, 0.3) is 0 Å². The fraction of sp³-hybridized carbons (Fsp3) is 0.294. The third kappa shape index (κ3) is 4.05. The van der Waals surface area contributed by atoms with Gasteiger partial charge in [-0.05, 0) is 39.4 Å². The molecule has 0 aliphatic carbocycles. The van der Waals surface area contributed by atoms with E-state index in [1.54, 1.807) is 11.3 Å². The van der Waals surface area contributed by atoms with E-state index < -0.39 is 0 Å². The Hall–Kier alpha value is -2.54. The second-order valence-corrected chi connectivity index (χ2v) is 6.49. The third-order valence-corrected chi connectivity index (χ3v) is 4.62. The maximum Gasteiger partial charge on any atom is 0.242 e. The van der Waals surface area contributed by atoms with Crippen LogP contribution in [0.2, 0.25) is 0 Å². The number of hydrogen-bond donors (Lipinski definition) is 1. The van der Waals surface area contributed by atoms with Gasteiger partial charge in [0.1, 0.15) is 12.9 Å². The number of nitrogens with one attached hydrogen (secondary N) is 1.